The van der Waals surface area contributed by atoms with Crippen LogP contribution >= 0.6 is 0 Å². The molecule has 1 aliphatic rings. The molecule has 0 N–H and O–H groups in total. The molecule has 13 heteroatoms. The lowest BCUT2D eigenvalue weighted by Crippen LogP contribution is -2.54. The molecule has 0 aromatic heterocycles. The van der Waals surface area contributed by atoms with E-state index in [0.717, 1.165) is 0 Å². The summed E-state index contributed by atoms with van der Waals surface area (Å²) in [6.45, 7) is -1.37. The van der Waals surface area contributed by atoms with Gasteiger partial charge in [0.05, 0.1) is 6.61 Å². The second kappa shape index (κ2) is 5.42. The number of hydrogen-bond donors (Lipinski definition) is 0. The zero-order valence-electron chi connectivity index (χ0n) is 9.97. The van der Waals surface area contributed by atoms with E-state index in [1.54, 1.807) is 0 Å². The van der Waals surface area contributed by atoms with Gasteiger partial charge in [-0.3, -0.25) is 0 Å². The van der Waals surface area contributed by atoms with E-state index in [9.17, 15) is 48.3 Å². The molecule has 22 heavy (non-hydrogen) atoms. The Labute approximate surface area is 114 Å². The average molecular weight is 354 g/mol. The Morgan fingerprint density at radius 1 is 0.909 bits per heavy atom. The summed E-state index contributed by atoms with van der Waals surface area (Å²) in [5.41, 5.74) is -6.85. The number of alkyl halides is 10. The summed E-state index contributed by atoms with van der Waals surface area (Å²) in [6.07, 6.45) is -21.2. The first-order valence-electron chi connectivity index (χ1n) is 5.16. The molecule has 0 aromatic rings. The van der Waals surface area contributed by atoms with E-state index in [0.29, 0.717) is 0 Å². The van der Waals surface area contributed by atoms with Gasteiger partial charge in [0, 0.05) is 0 Å². The summed E-state index contributed by atoms with van der Waals surface area (Å²) in [4.78, 5) is 0. The van der Waals surface area contributed by atoms with Gasteiger partial charge in [-0.25, -0.2) is 8.78 Å². The van der Waals surface area contributed by atoms with Gasteiger partial charge in [0.2, 0.25) is 11.6 Å². The van der Waals surface area contributed by atoms with Gasteiger partial charge in [-0.1, -0.05) is 0 Å². The van der Waals surface area contributed by atoms with Crippen molar-refractivity contribution in [3.63, 3.8) is 0 Å². The predicted molar refractivity (Wildman–Crippen MR) is 45.8 cm³/mol. The largest absolute Gasteiger partial charge is 0.484 e. The summed E-state index contributed by atoms with van der Waals surface area (Å²) in [6, 6.07) is 0. The van der Waals surface area contributed by atoms with Crippen molar-refractivity contribution in [2.75, 3.05) is 13.2 Å². The highest BCUT2D eigenvalue weighted by atomic mass is 19.4. The second-order valence-electron chi connectivity index (χ2n) is 4.06. The van der Waals surface area contributed by atoms with Gasteiger partial charge in [-0.05, 0) is 0 Å². The summed E-state index contributed by atoms with van der Waals surface area (Å²) in [5, 5.41) is 0. The van der Waals surface area contributed by atoms with Crippen molar-refractivity contribution in [1.82, 2.24) is 0 Å². The first-order valence-corrected chi connectivity index (χ1v) is 5.16. The zero-order chi connectivity index (χ0) is 17.6. The van der Waals surface area contributed by atoms with Crippen LogP contribution in [0.5, 0.6) is 0 Å². The fourth-order valence-corrected chi connectivity index (χ4v) is 1.18. The van der Waals surface area contributed by atoms with E-state index in [1.807, 2.05) is 0 Å². The number of halogens is 11. The highest BCUT2D eigenvalue weighted by molar-refractivity contribution is 5.23. The summed E-state index contributed by atoms with van der Waals surface area (Å²) in [7, 11) is 0. The fraction of sp³-hybridized carbons (Fsp3) is 0.778. The van der Waals surface area contributed by atoms with E-state index < -0.39 is 48.5 Å². The lowest BCUT2D eigenvalue weighted by molar-refractivity contribution is -0.333. The van der Waals surface area contributed by atoms with Crippen molar-refractivity contribution in [1.29, 1.82) is 0 Å². The van der Waals surface area contributed by atoms with Crippen LogP contribution in [0.4, 0.5) is 48.3 Å². The van der Waals surface area contributed by atoms with Gasteiger partial charge < -0.3 is 9.47 Å². The van der Waals surface area contributed by atoms with E-state index >= 15 is 0 Å². The Morgan fingerprint density at radius 2 is 1.32 bits per heavy atom. The third kappa shape index (κ3) is 3.55. The van der Waals surface area contributed by atoms with Crippen molar-refractivity contribution >= 4 is 0 Å². The van der Waals surface area contributed by atoms with Crippen LogP contribution in [0.1, 0.15) is 0 Å². The van der Waals surface area contributed by atoms with Crippen LogP contribution in [0.15, 0.2) is 11.6 Å². The molecular weight excluding hydrogens is 349 g/mol. The third-order valence-electron chi connectivity index (χ3n) is 2.36. The first kappa shape index (κ1) is 18.8. The molecule has 0 aliphatic carbocycles. The predicted octanol–water partition coefficient (Wildman–Crippen LogP) is 3.98. The molecule has 1 atom stereocenters. The Hall–Kier alpha value is -1.27. The molecule has 1 heterocycles. The van der Waals surface area contributed by atoms with Gasteiger partial charge in [0.15, 0.2) is 0 Å². The molecule has 1 rings (SSSR count). The average Bonchev–Trinajstić information content (AvgIpc) is 3.06. The van der Waals surface area contributed by atoms with Gasteiger partial charge in [-0.15, -0.1) is 0 Å². The quantitative estimate of drug-likeness (QED) is 0.433. The number of epoxide rings is 1. The SMILES string of the molecule is F/C(=C(\OCC1CO1)C(F)(F)F)C(F)(C(F)(F)F)C(F)(F)F. The first-order chi connectivity index (χ1) is 9.62. The summed E-state index contributed by atoms with van der Waals surface area (Å²) >= 11 is 0. The van der Waals surface area contributed by atoms with Crippen molar-refractivity contribution in [2.24, 2.45) is 0 Å². The molecule has 0 spiro atoms. The highest BCUT2D eigenvalue weighted by Crippen LogP contribution is 2.53. The Bertz CT molecular complexity index is 426. The zero-order valence-corrected chi connectivity index (χ0v) is 9.97. The molecular formula is C9H5F11O2. The number of hydrogen-bond acceptors (Lipinski definition) is 2. The Morgan fingerprint density at radius 3 is 1.59 bits per heavy atom. The molecule has 0 saturated carbocycles. The monoisotopic (exact) mass is 354 g/mol. The van der Waals surface area contributed by atoms with E-state index in [2.05, 4.69) is 9.47 Å². The molecule has 2 nitrogen and oxygen atoms in total. The summed E-state index contributed by atoms with van der Waals surface area (Å²) < 4.78 is 145. The fourth-order valence-electron chi connectivity index (χ4n) is 1.18. The molecule has 1 fully saturated rings. The van der Waals surface area contributed by atoms with Gasteiger partial charge >= 0.3 is 24.2 Å². The van der Waals surface area contributed by atoms with Crippen LogP contribution in [-0.2, 0) is 9.47 Å². The molecule has 0 bridgehead atoms. The van der Waals surface area contributed by atoms with Crippen LogP contribution in [-0.4, -0.2) is 43.5 Å². The van der Waals surface area contributed by atoms with E-state index in [-0.39, 0.29) is 6.61 Å². The van der Waals surface area contributed by atoms with Crippen LogP contribution in [0.25, 0.3) is 0 Å². The van der Waals surface area contributed by atoms with E-state index in [4.69, 9.17) is 0 Å². The Kier molecular flexibility index (Phi) is 4.63. The van der Waals surface area contributed by atoms with Crippen LogP contribution < -0.4 is 0 Å². The molecule has 1 aliphatic heterocycles. The minimum Gasteiger partial charge on any atom is -0.484 e. The smallest absolute Gasteiger partial charge is 0.451 e. The summed E-state index contributed by atoms with van der Waals surface area (Å²) in [5.74, 6) is -7.51. The number of ether oxygens (including phenoxy) is 2. The Balaban J connectivity index is 3.38. The minimum atomic E-state index is -7.02. The van der Waals surface area contributed by atoms with Crippen molar-refractivity contribution in [3.8, 4) is 0 Å². The normalized spacial score (nSPS) is 21.5. The van der Waals surface area contributed by atoms with Gasteiger partial charge in [0.1, 0.15) is 12.7 Å². The second-order valence-corrected chi connectivity index (χ2v) is 4.06. The molecule has 0 amide bonds. The molecule has 1 saturated heterocycles. The lowest BCUT2D eigenvalue weighted by Gasteiger charge is -2.29. The van der Waals surface area contributed by atoms with Gasteiger partial charge in [0.25, 0.3) is 0 Å². The maximum atomic E-state index is 13.3. The standard InChI is InChI=1S/C9H5F11O2/c10-4(6(11,8(15,16)17)9(18,19)20)5(7(12,13)14)22-2-3-1-21-3/h3H,1-2H2/b5-4-. The number of rotatable bonds is 4. The van der Waals surface area contributed by atoms with Crippen molar-refractivity contribution in [2.45, 2.75) is 30.3 Å². The third-order valence-corrected chi connectivity index (χ3v) is 2.36. The van der Waals surface area contributed by atoms with Crippen molar-refractivity contribution in [3.05, 3.63) is 11.6 Å². The molecule has 130 valence electrons. The maximum Gasteiger partial charge on any atom is 0.451 e. The maximum absolute atomic E-state index is 13.3. The minimum absolute atomic E-state index is 0.188. The number of allylic oxidation sites excluding steroid dienone is 2. The van der Waals surface area contributed by atoms with Crippen molar-refractivity contribution < 1.29 is 57.8 Å². The van der Waals surface area contributed by atoms with Gasteiger partial charge in [-0.2, -0.15) is 39.5 Å². The van der Waals surface area contributed by atoms with E-state index in [1.165, 1.54) is 0 Å². The highest BCUT2D eigenvalue weighted by Gasteiger charge is 2.77. The van der Waals surface area contributed by atoms with Crippen LogP contribution in [0.2, 0.25) is 0 Å². The van der Waals surface area contributed by atoms with Crippen LogP contribution in [0.3, 0.4) is 0 Å². The van der Waals surface area contributed by atoms with Crippen LogP contribution in [0, 0.1) is 0 Å². The molecule has 1 unspecified atom stereocenters. The molecule has 0 radical (unpaired) electrons. The lowest BCUT2D eigenvalue weighted by atomic mass is 10.0. The topological polar surface area (TPSA) is 21.8 Å². The molecule has 0 aromatic carbocycles.